The van der Waals surface area contributed by atoms with Crippen LogP contribution in [0.2, 0.25) is 0 Å². The molecule has 9 heteroatoms. The molecule has 3 heterocycles. The maximum atomic E-state index is 12.9. The van der Waals surface area contributed by atoms with E-state index in [1.165, 1.54) is 0 Å². The Morgan fingerprint density at radius 3 is 2.30 bits per heavy atom. The van der Waals surface area contributed by atoms with E-state index < -0.39 is 5.91 Å². The second-order valence-electron chi connectivity index (χ2n) is 11.1. The van der Waals surface area contributed by atoms with Crippen molar-refractivity contribution in [1.82, 2.24) is 24.6 Å². The SMILES string of the molecule is Cc1nn(-c2cc(NCCN(Cc3ccccn3)Cc3ccccn3)ccc2C(N)=O)c2c1C(=O)CC(C)(C)C2. The minimum Gasteiger partial charge on any atom is -0.384 e. The van der Waals surface area contributed by atoms with Gasteiger partial charge < -0.3 is 11.1 Å². The Morgan fingerprint density at radius 1 is 1.02 bits per heavy atom. The molecule has 0 saturated heterocycles. The molecule has 0 saturated carbocycles. The highest BCUT2D eigenvalue weighted by Crippen LogP contribution is 2.37. The summed E-state index contributed by atoms with van der Waals surface area (Å²) in [5, 5.41) is 8.20. The number of benzene rings is 1. The summed E-state index contributed by atoms with van der Waals surface area (Å²) in [5.74, 6) is -0.451. The second-order valence-corrected chi connectivity index (χ2v) is 11.1. The molecule has 0 bridgehead atoms. The van der Waals surface area contributed by atoms with Crippen molar-refractivity contribution in [3.05, 3.63) is 101 Å². The fourth-order valence-corrected chi connectivity index (χ4v) is 5.38. The quantitative estimate of drug-likeness (QED) is 0.309. The molecule has 1 aliphatic carbocycles. The first-order chi connectivity index (χ1) is 19.2. The highest BCUT2D eigenvalue weighted by Gasteiger charge is 2.36. The van der Waals surface area contributed by atoms with Gasteiger partial charge in [-0.15, -0.1) is 0 Å². The lowest BCUT2D eigenvalue weighted by molar-refractivity contribution is 0.0910. The molecule has 206 valence electrons. The van der Waals surface area contributed by atoms with Crippen LogP contribution in [0.1, 0.15) is 63.8 Å². The van der Waals surface area contributed by atoms with E-state index in [2.05, 4.69) is 34.0 Å². The number of nitrogens with zero attached hydrogens (tertiary/aromatic N) is 5. The number of carbonyl (C=O) groups is 2. The number of rotatable bonds is 10. The van der Waals surface area contributed by atoms with E-state index in [4.69, 9.17) is 10.8 Å². The number of ketones is 1. The van der Waals surface area contributed by atoms with Crippen LogP contribution < -0.4 is 11.1 Å². The number of pyridine rings is 2. The van der Waals surface area contributed by atoms with Crippen molar-refractivity contribution < 1.29 is 9.59 Å². The monoisotopic (exact) mass is 537 g/mol. The van der Waals surface area contributed by atoms with Crippen LogP contribution in [-0.2, 0) is 19.5 Å². The molecule has 0 spiro atoms. The minimum atomic E-state index is -0.540. The van der Waals surface area contributed by atoms with Crippen LogP contribution in [0.4, 0.5) is 5.69 Å². The molecule has 3 aromatic heterocycles. The number of nitrogens with two attached hydrogens (primary N) is 1. The molecule has 4 aromatic rings. The van der Waals surface area contributed by atoms with Crippen molar-refractivity contribution >= 4 is 17.4 Å². The van der Waals surface area contributed by atoms with Crippen LogP contribution in [0, 0.1) is 12.3 Å². The molecule has 1 amide bonds. The average Bonchev–Trinajstić information content (AvgIpc) is 3.24. The summed E-state index contributed by atoms with van der Waals surface area (Å²) in [6.45, 7) is 8.76. The smallest absolute Gasteiger partial charge is 0.250 e. The Labute approximate surface area is 234 Å². The fraction of sp³-hybridized carbons (Fsp3) is 0.323. The van der Waals surface area contributed by atoms with E-state index in [1.807, 2.05) is 55.5 Å². The number of primary amides is 1. The van der Waals surface area contributed by atoms with Crippen LogP contribution in [0.5, 0.6) is 0 Å². The number of hydrogen-bond donors (Lipinski definition) is 2. The lowest BCUT2D eigenvalue weighted by Crippen LogP contribution is -2.29. The fourth-order valence-electron chi connectivity index (χ4n) is 5.38. The standard InChI is InChI=1S/C31H35N7O2/c1-21-29-27(17-31(2,3)18-28(29)39)38(36-21)26-16-22(10-11-25(26)30(32)40)35-14-15-37(19-23-8-4-6-12-33-23)20-24-9-5-7-13-34-24/h4-13,16,35H,14-15,17-20H2,1-3H3,(H2,32,40). The third-order valence-electron chi connectivity index (χ3n) is 7.19. The van der Waals surface area contributed by atoms with Crippen LogP contribution in [0.25, 0.3) is 5.69 Å². The number of aryl methyl sites for hydroxylation is 1. The summed E-state index contributed by atoms with van der Waals surface area (Å²) < 4.78 is 1.74. The van der Waals surface area contributed by atoms with Gasteiger partial charge in [0.2, 0.25) is 0 Å². The lowest BCUT2D eigenvalue weighted by Gasteiger charge is -2.29. The van der Waals surface area contributed by atoms with E-state index in [0.29, 0.717) is 55.0 Å². The second kappa shape index (κ2) is 11.4. The van der Waals surface area contributed by atoms with Crippen molar-refractivity contribution in [3.8, 4) is 5.69 Å². The van der Waals surface area contributed by atoms with E-state index in [-0.39, 0.29) is 11.2 Å². The van der Waals surface area contributed by atoms with E-state index in [9.17, 15) is 9.59 Å². The molecule has 9 nitrogen and oxygen atoms in total. The van der Waals surface area contributed by atoms with Crippen LogP contribution in [0.3, 0.4) is 0 Å². The Bertz CT molecular complexity index is 1470. The van der Waals surface area contributed by atoms with Crippen LogP contribution in [0.15, 0.2) is 67.0 Å². The van der Waals surface area contributed by atoms with E-state index >= 15 is 0 Å². The summed E-state index contributed by atoms with van der Waals surface area (Å²) in [7, 11) is 0. The number of anilines is 1. The number of aromatic nitrogens is 4. The third kappa shape index (κ3) is 6.10. The normalized spacial score (nSPS) is 14.2. The topological polar surface area (TPSA) is 119 Å². The van der Waals surface area contributed by atoms with Crippen LogP contribution >= 0.6 is 0 Å². The molecule has 0 radical (unpaired) electrons. The molecule has 0 fully saturated rings. The van der Waals surface area contributed by atoms with E-state index in [1.54, 1.807) is 23.1 Å². The first kappa shape index (κ1) is 27.2. The Morgan fingerprint density at radius 2 is 1.70 bits per heavy atom. The zero-order chi connectivity index (χ0) is 28.3. The maximum absolute atomic E-state index is 12.9. The minimum absolute atomic E-state index is 0.0887. The van der Waals surface area contributed by atoms with Gasteiger partial charge in [-0.05, 0) is 61.2 Å². The molecule has 3 N–H and O–H groups in total. The summed E-state index contributed by atoms with van der Waals surface area (Å²) in [6.07, 6.45) is 4.77. The number of hydrogen-bond acceptors (Lipinski definition) is 7. The molecular formula is C31H35N7O2. The Hall–Kier alpha value is -4.37. The van der Waals surface area contributed by atoms with Gasteiger partial charge in [-0.2, -0.15) is 5.10 Å². The first-order valence-corrected chi connectivity index (χ1v) is 13.5. The Kier molecular flexibility index (Phi) is 7.75. The van der Waals surface area contributed by atoms with Crippen molar-refractivity contribution in [2.24, 2.45) is 11.1 Å². The Balaban J connectivity index is 1.38. The molecule has 0 unspecified atom stereocenters. The number of fused-ring (bicyclic) bond motifs is 1. The highest BCUT2D eigenvalue weighted by molar-refractivity contribution is 6.00. The number of amides is 1. The summed E-state index contributed by atoms with van der Waals surface area (Å²) >= 11 is 0. The molecule has 1 aliphatic rings. The molecule has 5 rings (SSSR count). The van der Waals surface area contributed by atoms with Crippen LogP contribution in [-0.4, -0.2) is 49.4 Å². The lowest BCUT2D eigenvalue weighted by atomic mass is 9.75. The average molecular weight is 538 g/mol. The molecular weight excluding hydrogens is 502 g/mol. The summed E-state index contributed by atoms with van der Waals surface area (Å²) in [5.41, 5.74) is 11.5. The first-order valence-electron chi connectivity index (χ1n) is 13.5. The van der Waals surface area contributed by atoms with Gasteiger partial charge >= 0.3 is 0 Å². The third-order valence-corrected chi connectivity index (χ3v) is 7.19. The van der Waals surface area contributed by atoms with Gasteiger partial charge in [0.25, 0.3) is 5.91 Å². The zero-order valence-corrected chi connectivity index (χ0v) is 23.2. The van der Waals surface area contributed by atoms with Gasteiger partial charge in [0.15, 0.2) is 5.78 Å². The van der Waals surface area contributed by atoms with Crippen molar-refractivity contribution in [2.45, 2.75) is 46.7 Å². The number of Topliss-reactive ketones (excluding diaryl/α,β-unsaturated/α-hetero) is 1. The van der Waals surface area contributed by atoms with E-state index in [0.717, 1.165) is 29.3 Å². The van der Waals surface area contributed by atoms with Crippen molar-refractivity contribution in [3.63, 3.8) is 0 Å². The summed E-state index contributed by atoms with van der Waals surface area (Å²) in [4.78, 5) is 36.6. The predicted octanol–water partition coefficient (Wildman–Crippen LogP) is 4.34. The number of carbonyl (C=O) groups excluding carboxylic acids is 2. The predicted molar refractivity (Wildman–Crippen MR) is 154 cm³/mol. The molecule has 0 aliphatic heterocycles. The largest absolute Gasteiger partial charge is 0.384 e. The van der Waals surface area contributed by atoms with Gasteiger partial charge in [0.1, 0.15) is 0 Å². The van der Waals surface area contributed by atoms with Crippen molar-refractivity contribution in [1.29, 1.82) is 0 Å². The number of nitrogens with one attached hydrogen (secondary N) is 1. The van der Waals surface area contributed by atoms with Gasteiger partial charge in [0.05, 0.1) is 39.6 Å². The summed E-state index contributed by atoms with van der Waals surface area (Å²) in [6, 6.07) is 17.3. The van der Waals surface area contributed by atoms with Gasteiger partial charge in [-0.25, -0.2) is 4.68 Å². The van der Waals surface area contributed by atoms with Gasteiger partial charge in [0, 0.05) is 50.7 Å². The molecule has 0 atom stereocenters. The maximum Gasteiger partial charge on any atom is 0.250 e. The van der Waals surface area contributed by atoms with Crippen molar-refractivity contribution in [2.75, 3.05) is 18.4 Å². The molecule has 1 aromatic carbocycles. The zero-order valence-electron chi connectivity index (χ0n) is 23.2. The molecule has 40 heavy (non-hydrogen) atoms. The van der Waals surface area contributed by atoms with Gasteiger partial charge in [-0.1, -0.05) is 26.0 Å². The van der Waals surface area contributed by atoms with Gasteiger partial charge in [-0.3, -0.25) is 24.5 Å². The highest BCUT2D eigenvalue weighted by atomic mass is 16.1.